The lowest BCUT2D eigenvalue weighted by atomic mass is 10.0. The Morgan fingerprint density at radius 2 is 1.89 bits per heavy atom. The van der Waals surface area contributed by atoms with E-state index in [1.807, 2.05) is 30.3 Å². The van der Waals surface area contributed by atoms with Gasteiger partial charge in [-0.15, -0.1) is 0 Å². The Bertz CT molecular complexity index is 423. The van der Waals surface area contributed by atoms with Gasteiger partial charge in [0.05, 0.1) is 12.6 Å². The number of Topliss-reactive ketones (excluding diaryl/α,β-unsaturated/α-hetero) is 1. The summed E-state index contributed by atoms with van der Waals surface area (Å²) < 4.78 is 4.30. The van der Waals surface area contributed by atoms with Gasteiger partial charge in [-0.2, -0.15) is 0 Å². The molecule has 1 atom stereocenters. The van der Waals surface area contributed by atoms with Gasteiger partial charge in [0.1, 0.15) is 3.74 Å². The van der Waals surface area contributed by atoms with Crippen LogP contribution in [0.1, 0.15) is 12.5 Å². The van der Waals surface area contributed by atoms with Crippen molar-refractivity contribution in [3.8, 4) is 0 Å². The van der Waals surface area contributed by atoms with E-state index in [0.717, 1.165) is 5.56 Å². The van der Waals surface area contributed by atoms with Crippen LogP contribution in [-0.2, 0) is 16.0 Å². The maximum absolute atomic E-state index is 12.0. The first-order valence-corrected chi connectivity index (χ1v) is 7.66. The predicted molar refractivity (Wildman–Crippen MR) is 80.7 cm³/mol. The molecule has 1 rings (SSSR count). The van der Waals surface area contributed by atoms with E-state index in [-0.39, 0.29) is 12.4 Å². The molecule has 0 aliphatic heterocycles. The SMILES string of the molecule is CCOC(=O)N[C@@H](Cc1ccccc1)C(=O)C(Br)Br. The van der Waals surface area contributed by atoms with Gasteiger partial charge in [0.25, 0.3) is 0 Å². The lowest BCUT2D eigenvalue weighted by Gasteiger charge is -2.18. The van der Waals surface area contributed by atoms with Crippen LogP contribution >= 0.6 is 31.9 Å². The zero-order chi connectivity index (χ0) is 14.3. The molecule has 0 unspecified atom stereocenters. The zero-order valence-corrected chi connectivity index (χ0v) is 13.6. The smallest absolute Gasteiger partial charge is 0.407 e. The summed E-state index contributed by atoms with van der Waals surface area (Å²) in [5.74, 6) is -0.156. The molecule has 0 spiro atoms. The number of alkyl halides is 2. The lowest BCUT2D eigenvalue weighted by molar-refractivity contribution is -0.118. The van der Waals surface area contributed by atoms with Gasteiger partial charge in [-0.3, -0.25) is 4.79 Å². The summed E-state index contributed by atoms with van der Waals surface area (Å²) in [6, 6.07) is 8.86. The fraction of sp³-hybridized carbons (Fsp3) is 0.385. The number of carbonyl (C=O) groups excluding carboxylic acids is 2. The lowest BCUT2D eigenvalue weighted by Crippen LogP contribution is -2.44. The summed E-state index contributed by atoms with van der Waals surface area (Å²) in [7, 11) is 0. The third-order valence-corrected chi connectivity index (χ3v) is 3.31. The van der Waals surface area contributed by atoms with Crippen LogP contribution in [-0.4, -0.2) is 28.3 Å². The molecule has 6 heteroatoms. The molecule has 0 aliphatic rings. The molecule has 0 fully saturated rings. The van der Waals surface area contributed by atoms with Crippen molar-refractivity contribution < 1.29 is 14.3 Å². The number of nitrogens with one attached hydrogen (secondary N) is 1. The standard InChI is InChI=1S/C13H15Br2NO3/c1-2-19-13(18)16-10(11(17)12(14)15)8-9-6-4-3-5-7-9/h3-7,10,12H,2,8H2,1H3,(H,16,18)/t10-/m0/s1. The first kappa shape index (κ1) is 16.2. The normalized spacial score (nSPS) is 12.0. The predicted octanol–water partition coefficient (Wildman–Crippen LogP) is 3.03. The van der Waals surface area contributed by atoms with E-state index in [9.17, 15) is 9.59 Å². The minimum absolute atomic E-state index is 0.156. The highest BCUT2D eigenvalue weighted by molar-refractivity contribution is 9.25. The highest BCUT2D eigenvalue weighted by Gasteiger charge is 2.25. The van der Waals surface area contributed by atoms with Crippen LogP contribution in [0, 0.1) is 0 Å². The molecular formula is C13H15Br2NO3. The van der Waals surface area contributed by atoms with Crippen molar-refractivity contribution in [3.63, 3.8) is 0 Å². The van der Waals surface area contributed by atoms with E-state index in [2.05, 4.69) is 37.2 Å². The third kappa shape index (κ3) is 5.74. The van der Waals surface area contributed by atoms with E-state index in [1.165, 1.54) is 0 Å². The average Bonchev–Trinajstić information content (AvgIpc) is 2.38. The van der Waals surface area contributed by atoms with Crippen LogP contribution in [0.25, 0.3) is 0 Å². The summed E-state index contributed by atoms with van der Waals surface area (Å²) in [4.78, 5) is 23.5. The van der Waals surface area contributed by atoms with Crippen molar-refractivity contribution >= 4 is 43.7 Å². The first-order valence-electron chi connectivity index (χ1n) is 5.83. The van der Waals surface area contributed by atoms with Gasteiger partial charge in [-0.25, -0.2) is 4.79 Å². The van der Waals surface area contributed by atoms with Crippen molar-refractivity contribution in [2.45, 2.75) is 23.1 Å². The number of ketones is 1. The molecule has 0 radical (unpaired) electrons. The maximum Gasteiger partial charge on any atom is 0.407 e. The molecule has 0 saturated heterocycles. The second-order valence-electron chi connectivity index (χ2n) is 3.81. The fourth-order valence-corrected chi connectivity index (χ4v) is 2.18. The number of carbonyl (C=O) groups is 2. The topological polar surface area (TPSA) is 55.4 Å². The van der Waals surface area contributed by atoms with Gasteiger partial charge < -0.3 is 10.1 Å². The molecule has 0 saturated carbocycles. The molecule has 0 aliphatic carbocycles. The number of halogens is 2. The van der Waals surface area contributed by atoms with Crippen LogP contribution in [0.4, 0.5) is 4.79 Å². The summed E-state index contributed by atoms with van der Waals surface area (Å²) in [6.45, 7) is 1.98. The number of amides is 1. The van der Waals surface area contributed by atoms with Crippen LogP contribution in [0.5, 0.6) is 0 Å². The van der Waals surface area contributed by atoms with Gasteiger partial charge in [0, 0.05) is 0 Å². The van der Waals surface area contributed by atoms with E-state index in [1.54, 1.807) is 6.92 Å². The number of benzene rings is 1. The number of ether oxygens (including phenoxy) is 1. The molecule has 1 aromatic rings. The Hall–Kier alpha value is -0.880. The minimum atomic E-state index is -0.634. The van der Waals surface area contributed by atoms with Crippen LogP contribution in [0.2, 0.25) is 0 Å². The van der Waals surface area contributed by atoms with Crippen molar-refractivity contribution in [2.75, 3.05) is 6.61 Å². The quantitative estimate of drug-likeness (QED) is 0.757. The van der Waals surface area contributed by atoms with Crippen molar-refractivity contribution in [1.82, 2.24) is 5.32 Å². The summed E-state index contributed by atoms with van der Waals surface area (Å²) in [6.07, 6.45) is -0.163. The molecule has 1 aromatic carbocycles. The van der Waals surface area contributed by atoms with Crippen molar-refractivity contribution in [3.05, 3.63) is 35.9 Å². The van der Waals surface area contributed by atoms with E-state index >= 15 is 0 Å². The third-order valence-electron chi connectivity index (χ3n) is 2.41. The monoisotopic (exact) mass is 391 g/mol. The maximum atomic E-state index is 12.0. The molecule has 1 N–H and O–H groups in total. The Morgan fingerprint density at radius 1 is 1.26 bits per heavy atom. The minimum Gasteiger partial charge on any atom is -0.450 e. The van der Waals surface area contributed by atoms with Crippen LogP contribution < -0.4 is 5.32 Å². The highest BCUT2D eigenvalue weighted by Crippen LogP contribution is 2.14. The van der Waals surface area contributed by atoms with Gasteiger partial charge in [-0.1, -0.05) is 62.2 Å². The van der Waals surface area contributed by atoms with Gasteiger partial charge >= 0.3 is 6.09 Å². The van der Waals surface area contributed by atoms with Crippen molar-refractivity contribution in [2.24, 2.45) is 0 Å². The Balaban J connectivity index is 2.75. The number of rotatable bonds is 6. The molecule has 104 valence electrons. The fourth-order valence-electron chi connectivity index (χ4n) is 1.54. The number of alkyl carbamates (subject to hydrolysis) is 1. The largest absolute Gasteiger partial charge is 0.450 e. The Labute approximate surface area is 129 Å². The van der Waals surface area contributed by atoms with E-state index in [0.29, 0.717) is 6.42 Å². The second-order valence-corrected chi connectivity index (χ2v) is 6.87. The average molecular weight is 393 g/mol. The summed E-state index contributed by atoms with van der Waals surface area (Å²) >= 11 is 6.32. The molecule has 1 amide bonds. The van der Waals surface area contributed by atoms with E-state index in [4.69, 9.17) is 4.74 Å². The number of hydrogen-bond donors (Lipinski definition) is 1. The Kier molecular flexibility index (Phi) is 7.09. The van der Waals surface area contributed by atoms with Gasteiger partial charge in [-0.05, 0) is 18.9 Å². The van der Waals surface area contributed by atoms with Crippen LogP contribution in [0.15, 0.2) is 30.3 Å². The first-order chi connectivity index (χ1) is 9.04. The van der Waals surface area contributed by atoms with E-state index < -0.39 is 15.9 Å². The molecular weight excluding hydrogens is 378 g/mol. The molecule has 4 nitrogen and oxygen atoms in total. The summed E-state index contributed by atoms with van der Waals surface area (Å²) in [5, 5.41) is 2.58. The second kappa shape index (κ2) is 8.32. The molecule has 19 heavy (non-hydrogen) atoms. The Morgan fingerprint density at radius 3 is 2.42 bits per heavy atom. The summed E-state index contributed by atoms with van der Waals surface area (Å²) in [5.41, 5.74) is 0.971. The molecule has 0 bridgehead atoms. The molecule has 0 aromatic heterocycles. The van der Waals surface area contributed by atoms with Gasteiger partial charge in [0.15, 0.2) is 5.78 Å². The number of hydrogen-bond acceptors (Lipinski definition) is 3. The highest BCUT2D eigenvalue weighted by atomic mass is 79.9. The molecule has 0 heterocycles. The zero-order valence-electron chi connectivity index (χ0n) is 10.4. The van der Waals surface area contributed by atoms with Gasteiger partial charge in [0.2, 0.25) is 0 Å². The van der Waals surface area contributed by atoms with Crippen molar-refractivity contribution in [1.29, 1.82) is 0 Å². The van der Waals surface area contributed by atoms with Crippen LogP contribution in [0.3, 0.4) is 0 Å².